The molecular formula is C48H97NO. The van der Waals surface area contributed by atoms with Crippen LogP contribution in [-0.2, 0) is 4.79 Å². The topological polar surface area (TPSA) is 20.3 Å². The van der Waals surface area contributed by atoms with Crippen LogP contribution >= 0.6 is 0 Å². The molecular weight excluding hydrogens is 607 g/mol. The molecule has 0 heterocycles. The second kappa shape index (κ2) is 42.9. The molecule has 0 bridgehead atoms. The van der Waals surface area contributed by atoms with Gasteiger partial charge in [0.05, 0.1) is 0 Å². The highest BCUT2D eigenvalue weighted by molar-refractivity contribution is 5.78. The highest BCUT2D eigenvalue weighted by Crippen LogP contribution is 2.22. The third-order valence-electron chi connectivity index (χ3n) is 11.6. The average Bonchev–Trinajstić information content (AvgIpc) is 3.12. The van der Waals surface area contributed by atoms with Crippen molar-refractivity contribution in [2.24, 2.45) is 5.92 Å². The van der Waals surface area contributed by atoms with Crippen molar-refractivity contribution in [1.82, 2.24) is 4.90 Å². The van der Waals surface area contributed by atoms with Gasteiger partial charge in [-0.3, -0.25) is 4.79 Å². The predicted octanol–water partition coefficient (Wildman–Crippen LogP) is 17.1. The lowest BCUT2D eigenvalue weighted by molar-refractivity contribution is -0.134. The van der Waals surface area contributed by atoms with Crippen molar-refractivity contribution < 1.29 is 4.79 Å². The van der Waals surface area contributed by atoms with E-state index in [9.17, 15) is 4.79 Å². The minimum atomic E-state index is 0.267. The van der Waals surface area contributed by atoms with E-state index in [1.807, 2.05) is 0 Å². The molecule has 0 saturated carbocycles. The third kappa shape index (κ3) is 37.2. The molecule has 0 radical (unpaired) electrons. The van der Waals surface area contributed by atoms with E-state index in [1.165, 1.54) is 250 Å². The van der Waals surface area contributed by atoms with E-state index in [0.29, 0.717) is 5.91 Å². The Kier molecular flexibility index (Phi) is 42.4. The van der Waals surface area contributed by atoms with E-state index >= 15 is 0 Å². The summed E-state index contributed by atoms with van der Waals surface area (Å²) in [5, 5.41) is 0. The zero-order chi connectivity index (χ0) is 36.4. The van der Waals surface area contributed by atoms with E-state index in [-0.39, 0.29) is 5.92 Å². The molecule has 0 aromatic rings. The second-order valence-electron chi connectivity index (χ2n) is 16.8. The summed E-state index contributed by atoms with van der Waals surface area (Å²) in [4.78, 5) is 15.5. The number of unbranched alkanes of at least 4 members (excludes halogenated alkanes) is 36. The van der Waals surface area contributed by atoms with E-state index in [1.54, 1.807) is 0 Å². The Labute approximate surface area is 318 Å². The van der Waals surface area contributed by atoms with Crippen molar-refractivity contribution in [3.63, 3.8) is 0 Å². The highest BCUT2D eigenvalue weighted by Gasteiger charge is 2.21. The van der Waals surface area contributed by atoms with Crippen molar-refractivity contribution >= 4 is 5.91 Å². The van der Waals surface area contributed by atoms with Crippen LogP contribution in [0.15, 0.2) is 0 Å². The van der Waals surface area contributed by atoms with Gasteiger partial charge in [-0.2, -0.15) is 0 Å². The summed E-state index contributed by atoms with van der Waals surface area (Å²) >= 11 is 0. The molecule has 1 amide bonds. The Hall–Kier alpha value is -0.530. The van der Waals surface area contributed by atoms with Crippen LogP contribution in [0.1, 0.15) is 284 Å². The van der Waals surface area contributed by atoms with Gasteiger partial charge >= 0.3 is 0 Å². The van der Waals surface area contributed by atoms with Crippen molar-refractivity contribution in [3.8, 4) is 0 Å². The molecule has 50 heavy (non-hydrogen) atoms. The van der Waals surface area contributed by atoms with Crippen molar-refractivity contribution in [2.45, 2.75) is 284 Å². The molecule has 1 unspecified atom stereocenters. The normalized spacial score (nSPS) is 12.2. The van der Waals surface area contributed by atoms with Gasteiger partial charge in [0, 0.05) is 19.5 Å². The molecule has 0 aromatic carbocycles. The number of carbonyl (C=O) groups excluding carboxylic acids is 1. The minimum Gasteiger partial charge on any atom is -0.346 e. The van der Waals surface area contributed by atoms with Crippen LogP contribution in [-0.4, -0.2) is 24.4 Å². The number of rotatable bonds is 43. The van der Waals surface area contributed by atoms with Gasteiger partial charge in [0.15, 0.2) is 0 Å². The summed E-state index contributed by atoms with van der Waals surface area (Å²) in [5.74, 6) is 0.711. The van der Waals surface area contributed by atoms with Crippen molar-refractivity contribution in [1.29, 1.82) is 0 Å². The smallest absolute Gasteiger partial charge is 0.225 e. The molecule has 0 N–H and O–H groups in total. The molecule has 0 aliphatic heterocycles. The molecule has 0 aliphatic carbocycles. The van der Waals surface area contributed by atoms with Gasteiger partial charge < -0.3 is 4.90 Å². The molecule has 2 heteroatoms. The molecule has 0 spiro atoms. The fourth-order valence-corrected chi connectivity index (χ4v) is 8.00. The summed E-state index contributed by atoms with van der Waals surface area (Å²) in [7, 11) is 2.08. The maximum absolute atomic E-state index is 13.4. The molecule has 2 nitrogen and oxygen atoms in total. The molecule has 300 valence electrons. The van der Waals surface area contributed by atoms with E-state index in [2.05, 4.69) is 32.7 Å². The Bertz CT molecular complexity index is 632. The number of amides is 1. The standard InChI is InChI=1S/C48H97NO/c1-5-8-11-13-15-17-19-21-23-25-27-29-31-33-35-37-39-42-45-47(44-41-10-7-3)48(50)49(4)46-43-40-38-36-34-32-30-28-26-24-22-20-18-16-14-12-9-6-2/h47H,5-46H2,1-4H3. The Morgan fingerprint density at radius 3 is 0.800 bits per heavy atom. The van der Waals surface area contributed by atoms with Crippen LogP contribution in [0.4, 0.5) is 0 Å². The van der Waals surface area contributed by atoms with Gasteiger partial charge in [0.1, 0.15) is 0 Å². The summed E-state index contributed by atoms with van der Waals surface area (Å²) in [6.45, 7) is 7.84. The van der Waals surface area contributed by atoms with Crippen LogP contribution in [0.5, 0.6) is 0 Å². The van der Waals surface area contributed by atoms with Gasteiger partial charge in [-0.05, 0) is 19.3 Å². The van der Waals surface area contributed by atoms with Crippen molar-refractivity contribution in [3.05, 3.63) is 0 Å². The van der Waals surface area contributed by atoms with Crippen LogP contribution in [0, 0.1) is 5.92 Å². The number of nitrogens with zero attached hydrogens (tertiary/aromatic N) is 1. The van der Waals surface area contributed by atoms with Gasteiger partial charge in [-0.1, -0.05) is 265 Å². The molecule has 0 rings (SSSR count). The van der Waals surface area contributed by atoms with Gasteiger partial charge in [-0.25, -0.2) is 0 Å². The largest absolute Gasteiger partial charge is 0.346 e. The maximum Gasteiger partial charge on any atom is 0.225 e. The van der Waals surface area contributed by atoms with E-state index in [0.717, 1.165) is 19.4 Å². The lowest BCUT2D eigenvalue weighted by Crippen LogP contribution is -2.33. The quantitative estimate of drug-likeness (QED) is 0.0579. The monoisotopic (exact) mass is 704 g/mol. The van der Waals surface area contributed by atoms with Gasteiger partial charge in [0.2, 0.25) is 5.91 Å². The molecule has 0 aromatic heterocycles. The molecule has 0 aliphatic rings. The molecule has 0 fully saturated rings. The maximum atomic E-state index is 13.4. The minimum absolute atomic E-state index is 0.267. The first-order chi connectivity index (χ1) is 24.7. The van der Waals surface area contributed by atoms with Crippen LogP contribution < -0.4 is 0 Å². The first-order valence-corrected chi connectivity index (χ1v) is 23.9. The van der Waals surface area contributed by atoms with Crippen LogP contribution in [0.3, 0.4) is 0 Å². The summed E-state index contributed by atoms with van der Waals surface area (Å²) in [6, 6.07) is 0. The number of hydrogen-bond acceptors (Lipinski definition) is 1. The zero-order valence-corrected chi connectivity index (χ0v) is 35.6. The second-order valence-corrected chi connectivity index (χ2v) is 16.8. The van der Waals surface area contributed by atoms with E-state index < -0.39 is 0 Å². The SMILES string of the molecule is CCCCCCCCCCCCCCCCCCCCC(CCCCC)C(=O)N(C)CCCCCCCCCCCCCCCCCCCC. The van der Waals surface area contributed by atoms with E-state index in [4.69, 9.17) is 0 Å². The zero-order valence-electron chi connectivity index (χ0n) is 35.6. The Balaban J connectivity index is 3.73. The molecule has 1 atom stereocenters. The lowest BCUT2D eigenvalue weighted by Gasteiger charge is -2.24. The van der Waals surface area contributed by atoms with Crippen molar-refractivity contribution in [2.75, 3.05) is 13.6 Å². The Morgan fingerprint density at radius 2 is 0.520 bits per heavy atom. The predicted molar refractivity (Wildman–Crippen MR) is 227 cm³/mol. The fraction of sp³-hybridized carbons (Fsp3) is 0.979. The summed E-state index contributed by atoms with van der Waals surface area (Å²) in [5.41, 5.74) is 0. The lowest BCUT2D eigenvalue weighted by atomic mass is 9.93. The van der Waals surface area contributed by atoms with Gasteiger partial charge in [0.25, 0.3) is 0 Å². The van der Waals surface area contributed by atoms with Crippen LogP contribution in [0.2, 0.25) is 0 Å². The Morgan fingerprint density at radius 1 is 0.320 bits per heavy atom. The highest BCUT2D eigenvalue weighted by atomic mass is 16.2. The summed E-state index contributed by atoms with van der Waals surface area (Å²) in [6.07, 6.45) is 56.9. The average molecular weight is 704 g/mol. The van der Waals surface area contributed by atoms with Crippen LogP contribution in [0.25, 0.3) is 0 Å². The molecule has 0 saturated heterocycles. The third-order valence-corrected chi connectivity index (χ3v) is 11.6. The van der Waals surface area contributed by atoms with Gasteiger partial charge in [-0.15, -0.1) is 0 Å². The first kappa shape index (κ1) is 49.5. The summed E-state index contributed by atoms with van der Waals surface area (Å²) < 4.78 is 0. The number of carbonyl (C=O) groups is 1. The fourth-order valence-electron chi connectivity index (χ4n) is 8.00. The number of hydrogen-bond donors (Lipinski definition) is 0. The first-order valence-electron chi connectivity index (χ1n) is 23.9.